The summed E-state index contributed by atoms with van der Waals surface area (Å²) in [6.45, 7) is 1.07. The smallest absolute Gasteiger partial charge is 0.335 e. The Morgan fingerprint density at radius 2 is 2.22 bits per heavy atom. The van der Waals surface area contributed by atoms with Crippen molar-refractivity contribution in [2.24, 2.45) is 0 Å². The van der Waals surface area contributed by atoms with Crippen LogP contribution in [-0.4, -0.2) is 31.4 Å². The Bertz CT molecular complexity index is 543. The number of ether oxygens (including phenoxy) is 2. The molecule has 0 spiro atoms. The zero-order valence-electron chi connectivity index (χ0n) is 10.0. The molecular weight excluding hydrogens is 236 g/mol. The Balaban J connectivity index is 2.23. The Hall–Kier alpha value is -2.01. The molecule has 0 aliphatic rings. The highest BCUT2D eigenvalue weighted by atomic mass is 16.5. The van der Waals surface area contributed by atoms with E-state index in [9.17, 15) is 4.79 Å². The molecule has 1 aromatic carbocycles. The summed E-state index contributed by atoms with van der Waals surface area (Å²) in [5.74, 6) is -0.482. The molecule has 2 aromatic rings. The molecule has 0 unspecified atom stereocenters. The Kier molecular flexibility index (Phi) is 3.84. The summed E-state index contributed by atoms with van der Waals surface area (Å²) in [7, 11) is 1.62. The molecule has 96 valence electrons. The topological polar surface area (TPSA) is 68.9 Å². The first-order valence-corrected chi connectivity index (χ1v) is 5.58. The first-order valence-electron chi connectivity index (χ1n) is 5.58. The minimum atomic E-state index is -1.00. The van der Waals surface area contributed by atoms with Gasteiger partial charge >= 0.3 is 5.97 Å². The van der Waals surface area contributed by atoms with Crippen LogP contribution in [0.4, 0.5) is 0 Å². The molecule has 1 aromatic heterocycles. The molecule has 18 heavy (non-hydrogen) atoms. The molecule has 0 amide bonds. The largest absolute Gasteiger partial charge is 0.493 e. The SMILES string of the molecule is COCCCOc1cc(C(=O)O)cc2occc12. The third kappa shape index (κ3) is 2.62. The van der Waals surface area contributed by atoms with Crippen molar-refractivity contribution in [3.8, 4) is 5.75 Å². The van der Waals surface area contributed by atoms with E-state index in [1.807, 2.05) is 0 Å². The van der Waals surface area contributed by atoms with Gasteiger partial charge in [0.05, 0.1) is 23.8 Å². The van der Waals surface area contributed by atoms with Crippen LogP contribution < -0.4 is 4.74 Å². The van der Waals surface area contributed by atoms with E-state index in [4.69, 9.17) is 19.0 Å². The molecule has 0 saturated heterocycles. The van der Waals surface area contributed by atoms with Crippen molar-refractivity contribution in [3.05, 3.63) is 30.0 Å². The molecule has 5 heteroatoms. The number of carbonyl (C=O) groups is 1. The summed E-state index contributed by atoms with van der Waals surface area (Å²) < 4.78 is 15.7. The average molecular weight is 250 g/mol. The quantitative estimate of drug-likeness (QED) is 0.798. The van der Waals surface area contributed by atoms with E-state index in [2.05, 4.69) is 0 Å². The molecule has 0 fully saturated rings. The number of carboxylic acid groups (broad SMARTS) is 1. The Morgan fingerprint density at radius 3 is 2.94 bits per heavy atom. The van der Waals surface area contributed by atoms with Gasteiger partial charge in [-0.25, -0.2) is 4.79 Å². The van der Waals surface area contributed by atoms with Gasteiger partial charge in [0.25, 0.3) is 0 Å². The minimum Gasteiger partial charge on any atom is -0.493 e. The zero-order valence-corrected chi connectivity index (χ0v) is 10.0. The predicted octanol–water partition coefficient (Wildman–Crippen LogP) is 2.55. The molecule has 0 atom stereocenters. The van der Waals surface area contributed by atoms with Crippen LogP contribution in [0.25, 0.3) is 11.0 Å². The number of methoxy groups -OCH3 is 1. The molecule has 0 radical (unpaired) electrons. The van der Waals surface area contributed by atoms with Crippen molar-refractivity contribution in [2.75, 3.05) is 20.3 Å². The second-order valence-electron chi connectivity index (χ2n) is 3.81. The molecule has 0 bridgehead atoms. The van der Waals surface area contributed by atoms with E-state index in [-0.39, 0.29) is 5.56 Å². The number of carboxylic acids is 1. The molecule has 0 aliphatic carbocycles. The van der Waals surface area contributed by atoms with Gasteiger partial charge in [0.2, 0.25) is 0 Å². The first-order chi connectivity index (χ1) is 8.72. The molecule has 5 nitrogen and oxygen atoms in total. The van der Waals surface area contributed by atoms with E-state index in [1.165, 1.54) is 18.4 Å². The maximum Gasteiger partial charge on any atom is 0.335 e. The molecule has 1 heterocycles. The van der Waals surface area contributed by atoms with Crippen molar-refractivity contribution in [1.29, 1.82) is 0 Å². The number of aromatic carboxylic acids is 1. The second-order valence-corrected chi connectivity index (χ2v) is 3.81. The lowest BCUT2D eigenvalue weighted by Crippen LogP contribution is -2.03. The number of furan rings is 1. The summed E-state index contributed by atoms with van der Waals surface area (Å²) in [5.41, 5.74) is 0.663. The van der Waals surface area contributed by atoms with E-state index in [0.29, 0.717) is 24.5 Å². The Labute approximate surface area is 104 Å². The van der Waals surface area contributed by atoms with Crippen molar-refractivity contribution in [3.63, 3.8) is 0 Å². The van der Waals surface area contributed by atoms with E-state index >= 15 is 0 Å². The lowest BCUT2D eigenvalue weighted by Gasteiger charge is -2.07. The van der Waals surface area contributed by atoms with Gasteiger partial charge < -0.3 is 19.0 Å². The minimum absolute atomic E-state index is 0.152. The molecule has 0 saturated carbocycles. The fourth-order valence-electron chi connectivity index (χ4n) is 1.67. The first kappa shape index (κ1) is 12.4. The van der Waals surface area contributed by atoms with E-state index in [0.717, 1.165) is 11.8 Å². The number of benzene rings is 1. The van der Waals surface area contributed by atoms with E-state index < -0.39 is 5.97 Å². The average Bonchev–Trinajstić information content (AvgIpc) is 2.82. The van der Waals surface area contributed by atoms with Crippen LogP contribution in [0.15, 0.2) is 28.9 Å². The predicted molar refractivity (Wildman–Crippen MR) is 65.2 cm³/mol. The number of hydrogen-bond donors (Lipinski definition) is 1. The summed E-state index contributed by atoms with van der Waals surface area (Å²) >= 11 is 0. The van der Waals surface area contributed by atoms with Gasteiger partial charge in [-0.3, -0.25) is 0 Å². The molecule has 0 aliphatic heterocycles. The fraction of sp³-hybridized carbons (Fsp3) is 0.308. The van der Waals surface area contributed by atoms with Crippen LogP contribution in [-0.2, 0) is 4.74 Å². The van der Waals surface area contributed by atoms with Gasteiger partial charge in [-0.05, 0) is 18.2 Å². The van der Waals surface area contributed by atoms with Crippen LogP contribution >= 0.6 is 0 Å². The third-order valence-electron chi connectivity index (χ3n) is 2.53. The highest BCUT2D eigenvalue weighted by Gasteiger charge is 2.11. The number of hydrogen-bond acceptors (Lipinski definition) is 4. The fourth-order valence-corrected chi connectivity index (χ4v) is 1.67. The van der Waals surface area contributed by atoms with Gasteiger partial charge in [-0.1, -0.05) is 0 Å². The van der Waals surface area contributed by atoms with Gasteiger partial charge in [0.1, 0.15) is 11.3 Å². The lowest BCUT2D eigenvalue weighted by molar-refractivity contribution is 0.0696. The van der Waals surface area contributed by atoms with Crippen molar-refractivity contribution < 1.29 is 23.8 Å². The standard InChI is InChI=1S/C13H14O5/c1-16-4-2-5-17-11-7-9(13(14)15)8-12-10(11)3-6-18-12/h3,6-8H,2,4-5H2,1H3,(H,14,15). The van der Waals surface area contributed by atoms with Crippen molar-refractivity contribution >= 4 is 16.9 Å². The second kappa shape index (κ2) is 5.55. The molecule has 1 N–H and O–H groups in total. The maximum absolute atomic E-state index is 11.0. The summed E-state index contributed by atoms with van der Waals surface area (Å²) in [4.78, 5) is 11.0. The highest BCUT2D eigenvalue weighted by Crippen LogP contribution is 2.28. The zero-order chi connectivity index (χ0) is 13.0. The summed E-state index contributed by atoms with van der Waals surface area (Å²) in [6.07, 6.45) is 2.26. The van der Waals surface area contributed by atoms with E-state index in [1.54, 1.807) is 13.2 Å². The number of fused-ring (bicyclic) bond motifs is 1. The molecular formula is C13H14O5. The van der Waals surface area contributed by atoms with Gasteiger partial charge in [-0.15, -0.1) is 0 Å². The van der Waals surface area contributed by atoms with Gasteiger partial charge in [-0.2, -0.15) is 0 Å². The van der Waals surface area contributed by atoms with Crippen LogP contribution in [0.2, 0.25) is 0 Å². The normalized spacial score (nSPS) is 10.7. The van der Waals surface area contributed by atoms with Crippen molar-refractivity contribution in [1.82, 2.24) is 0 Å². The monoisotopic (exact) mass is 250 g/mol. The molecule has 2 rings (SSSR count). The number of rotatable bonds is 6. The lowest BCUT2D eigenvalue weighted by atomic mass is 10.1. The third-order valence-corrected chi connectivity index (χ3v) is 2.53. The summed E-state index contributed by atoms with van der Waals surface area (Å²) in [5, 5.41) is 9.77. The summed E-state index contributed by atoms with van der Waals surface area (Å²) in [6, 6.07) is 4.75. The van der Waals surface area contributed by atoms with Crippen LogP contribution in [0, 0.1) is 0 Å². The highest BCUT2D eigenvalue weighted by molar-refractivity contribution is 5.95. The van der Waals surface area contributed by atoms with Crippen LogP contribution in [0.3, 0.4) is 0 Å². The van der Waals surface area contributed by atoms with Crippen LogP contribution in [0.1, 0.15) is 16.8 Å². The Morgan fingerprint density at radius 1 is 1.39 bits per heavy atom. The van der Waals surface area contributed by atoms with Gasteiger partial charge in [0.15, 0.2) is 0 Å². The van der Waals surface area contributed by atoms with Crippen molar-refractivity contribution in [2.45, 2.75) is 6.42 Å². The maximum atomic E-state index is 11.0. The van der Waals surface area contributed by atoms with Crippen LogP contribution in [0.5, 0.6) is 5.75 Å². The van der Waals surface area contributed by atoms with Gasteiger partial charge in [0, 0.05) is 20.1 Å².